The van der Waals surface area contributed by atoms with E-state index in [2.05, 4.69) is 0 Å². The van der Waals surface area contributed by atoms with Gasteiger partial charge in [0.15, 0.2) is 11.5 Å². The quantitative estimate of drug-likeness (QED) is 0.515. The summed E-state index contributed by atoms with van der Waals surface area (Å²) in [5, 5.41) is 0. The van der Waals surface area contributed by atoms with Gasteiger partial charge in [0.05, 0.1) is 25.2 Å². The second kappa shape index (κ2) is 10.6. The van der Waals surface area contributed by atoms with Crippen molar-refractivity contribution >= 4 is 17.2 Å². The zero-order chi connectivity index (χ0) is 22.5. The first-order valence-corrected chi connectivity index (χ1v) is 12.3. The Morgan fingerprint density at radius 3 is 2.38 bits per heavy atom. The van der Waals surface area contributed by atoms with Gasteiger partial charge in [-0.3, -0.25) is 4.79 Å². The highest BCUT2D eigenvalue weighted by Gasteiger charge is 2.29. The second-order valence-electron chi connectivity index (χ2n) is 8.56. The SMILES string of the molecule is COc1cc(CN(C(=O)c2ccc(C)s2)C2CCCC2)cc(OC)c1OC[C@@H]1CCCO1. The van der Waals surface area contributed by atoms with Gasteiger partial charge < -0.3 is 23.8 Å². The Kier molecular flexibility index (Phi) is 7.58. The molecule has 0 radical (unpaired) electrons. The van der Waals surface area contributed by atoms with E-state index in [1.807, 2.05) is 36.1 Å². The Balaban J connectivity index is 1.57. The molecule has 2 fully saturated rings. The van der Waals surface area contributed by atoms with Crippen molar-refractivity contribution in [2.45, 2.75) is 64.1 Å². The molecule has 0 spiro atoms. The van der Waals surface area contributed by atoms with Crippen molar-refractivity contribution in [1.82, 2.24) is 4.90 Å². The molecular weight excluding hydrogens is 426 g/mol. The van der Waals surface area contributed by atoms with Crippen molar-refractivity contribution in [3.63, 3.8) is 0 Å². The molecule has 1 aromatic heterocycles. The fraction of sp³-hybridized carbons (Fsp3) is 0.560. The predicted molar refractivity (Wildman–Crippen MR) is 125 cm³/mol. The molecule has 2 aliphatic rings. The molecule has 2 aromatic rings. The lowest BCUT2D eigenvalue weighted by atomic mass is 10.1. The van der Waals surface area contributed by atoms with Crippen molar-refractivity contribution in [2.24, 2.45) is 0 Å². The van der Waals surface area contributed by atoms with Crippen LogP contribution in [-0.2, 0) is 11.3 Å². The van der Waals surface area contributed by atoms with Crippen LogP contribution in [0.1, 0.15) is 58.6 Å². The topological polar surface area (TPSA) is 57.2 Å². The lowest BCUT2D eigenvalue weighted by Gasteiger charge is -2.29. The van der Waals surface area contributed by atoms with E-state index >= 15 is 0 Å². The number of hydrogen-bond donors (Lipinski definition) is 0. The molecule has 0 unspecified atom stereocenters. The fourth-order valence-electron chi connectivity index (χ4n) is 4.59. The average Bonchev–Trinajstić information content (AvgIpc) is 3.58. The number of benzene rings is 1. The van der Waals surface area contributed by atoms with Crippen LogP contribution in [-0.4, -0.2) is 50.4 Å². The van der Waals surface area contributed by atoms with Gasteiger partial charge >= 0.3 is 0 Å². The third-order valence-corrected chi connectivity index (χ3v) is 7.28. The minimum Gasteiger partial charge on any atom is -0.493 e. The highest BCUT2D eigenvalue weighted by atomic mass is 32.1. The molecular formula is C25H33NO5S. The minimum absolute atomic E-state index is 0.103. The summed E-state index contributed by atoms with van der Waals surface area (Å²) < 4.78 is 23.0. The molecule has 1 amide bonds. The third-order valence-electron chi connectivity index (χ3n) is 6.29. The van der Waals surface area contributed by atoms with Crippen LogP contribution in [0, 0.1) is 6.92 Å². The smallest absolute Gasteiger partial charge is 0.264 e. The highest BCUT2D eigenvalue weighted by Crippen LogP contribution is 2.40. The molecule has 1 aliphatic heterocycles. The van der Waals surface area contributed by atoms with Crippen molar-refractivity contribution in [2.75, 3.05) is 27.4 Å². The molecule has 174 valence electrons. The predicted octanol–water partition coefficient (Wildman–Crippen LogP) is 5.22. The van der Waals surface area contributed by atoms with Crippen LogP contribution in [0.25, 0.3) is 0 Å². The molecule has 1 atom stereocenters. The molecule has 1 saturated heterocycles. The summed E-state index contributed by atoms with van der Waals surface area (Å²) >= 11 is 1.56. The van der Waals surface area contributed by atoms with Crippen molar-refractivity contribution in [3.05, 3.63) is 39.6 Å². The number of carbonyl (C=O) groups is 1. The van der Waals surface area contributed by atoms with E-state index in [0.29, 0.717) is 30.4 Å². The number of nitrogens with zero attached hydrogens (tertiary/aromatic N) is 1. The summed E-state index contributed by atoms with van der Waals surface area (Å²) in [6.45, 7) is 3.80. The van der Waals surface area contributed by atoms with Crippen LogP contribution in [0.5, 0.6) is 17.2 Å². The van der Waals surface area contributed by atoms with Crippen LogP contribution in [0.15, 0.2) is 24.3 Å². The summed E-state index contributed by atoms with van der Waals surface area (Å²) in [5.74, 6) is 1.92. The summed E-state index contributed by atoms with van der Waals surface area (Å²) in [6, 6.07) is 8.13. The first kappa shape index (κ1) is 22.9. The highest BCUT2D eigenvalue weighted by molar-refractivity contribution is 7.13. The largest absolute Gasteiger partial charge is 0.493 e. The maximum absolute atomic E-state index is 13.4. The zero-order valence-corrected chi connectivity index (χ0v) is 20.0. The van der Waals surface area contributed by atoms with Gasteiger partial charge in [-0.25, -0.2) is 0 Å². The second-order valence-corrected chi connectivity index (χ2v) is 9.85. The Morgan fingerprint density at radius 2 is 1.81 bits per heavy atom. The monoisotopic (exact) mass is 459 g/mol. The summed E-state index contributed by atoms with van der Waals surface area (Å²) in [7, 11) is 3.26. The van der Waals surface area contributed by atoms with Gasteiger partial charge in [0.1, 0.15) is 6.61 Å². The average molecular weight is 460 g/mol. The van der Waals surface area contributed by atoms with Gasteiger partial charge in [-0.15, -0.1) is 11.3 Å². The van der Waals surface area contributed by atoms with E-state index in [-0.39, 0.29) is 18.1 Å². The van der Waals surface area contributed by atoms with Gasteiger partial charge in [0.25, 0.3) is 5.91 Å². The van der Waals surface area contributed by atoms with E-state index in [1.54, 1.807) is 25.6 Å². The van der Waals surface area contributed by atoms with Gasteiger partial charge in [-0.1, -0.05) is 12.8 Å². The van der Waals surface area contributed by atoms with E-state index in [4.69, 9.17) is 18.9 Å². The van der Waals surface area contributed by atoms with Crippen LogP contribution < -0.4 is 14.2 Å². The number of amides is 1. The van der Waals surface area contributed by atoms with Crippen LogP contribution in [0.3, 0.4) is 0 Å². The van der Waals surface area contributed by atoms with Gasteiger partial charge in [-0.05, 0) is 62.4 Å². The Morgan fingerprint density at radius 1 is 1.09 bits per heavy atom. The Labute approximate surface area is 194 Å². The van der Waals surface area contributed by atoms with Crippen LogP contribution in [0.4, 0.5) is 0 Å². The lowest BCUT2D eigenvalue weighted by molar-refractivity contribution is 0.0653. The van der Waals surface area contributed by atoms with Crippen molar-refractivity contribution in [3.8, 4) is 17.2 Å². The van der Waals surface area contributed by atoms with Gasteiger partial charge in [-0.2, -0.15) is 0 Å². The number of carbonyl (C=O) groups excluding carboxylic acids is 1. The normalized spacial score (nSPS) is 18.7. The molecule has 0 N–H and O–H groups in total. The molecule has 32 heavy (non-hydrogen) atoms. The van der Waals surface area contributed by atoms with Crippen molar-refractivity contribution in [1.29, 1.82) is 0 Å². The molecule has 1 saturated carbocycles. The maximum Gasteiger partial charge on any atom is 0.264 e. The molecule has 2 heterocycles. The number of rotatable bonds is 9. The minimum atomic E-state index is 0.103. The van der Waals surface area contributed by atoms with Gasteiger partial charge in [0.2, 0.25) is 5.75 Å². The molecule has 4 rings (SSSR count). The van der Waals surface area contributed by atoms with Crippen molar-refractivity contribution < 1.29 is 23.7 Å². The molecule has 0 bridgehead atoms. The third kappa shape index (κ3) is 5.21. The number of ether oxygens (including phenoxy) is 4. The molecule has 1 aliphatic carbocycles. The number of methoxy groups -OCH3 is 2. The zero-order valence-electron chi connectivity index (χ0n) is 19.2. The Hall–Kier alpha value is -2.25. The summed E-state index contributed by atoms with van der Waals surface area (Å²) in [6.07, 6.45) is 6.61. The van der Waals surface area contributed by atoms with E-state index in [1.165, 1.54) is 12.8 Å². The number of thiophene rings is 1. The molecule has 7 heteroatoms. The molecule has 6 nitrogen and oxygen atoms in total. The first-order chi connectivity index (χ1) is 15.6. The summed E-state index contributed by atoms with van der Waals surface area (Å²) in [4.78, 5) is 17.4. The standard InChI is InChI=1S/C25H33NO5S/c1-17-10-11-23(32-17)25(27)26(19-7-4-5-8-19)15-18-13-21(28-2)24(22(14-18)29-3)31-16-20-9-6-12-30-20/h10-11,13-14,19-20H,4-9,12,15-16H2,1-3H3/t20-/m0/s1. The van der Waals surface area contributed by atoms with Crippen LogP contribution in [0.2, 0.25) is 0 Å². The van der Waals surface area contributed by atoms with E-state index in [0.717, 1.165) is 47.6 Å². The first-order valence-electron chi connectivity index (χ1n) is 11.5. The number of hydrogen-bond acceptors (Lipinski definition) is 6. The summed E-state index contributed by atoms with van der Waals surface area (Å²) in [5.41, 5.74) is 0.969. The van der Waals surface area contributed by atoms with E-state index < -0.39 is 0 Å². The van der Waals surface area contributed by atoms with E-state index in [9.17, 15) is 4.79 Å². The van der Waals surface area contributed by atoms with Gasteiger partial charge in [0, 0.05) is 24.1 Å². The number of aryl methyl sites for hydroxylation is 1. The fourth-order valence-corrected chi connectivity index (χ4v) is 5.41. The van der Waals surface area contributed by atoms with Crippen LogP contribution >= 0.6 is 11.3 Å². The lowest BCUT2D eigenvalue weighted by Crippen LogP contribution is -2.38. The Bertz CT molecular complexity index is 890. The maximum atomic E-state index is 13.4. The molecule has 1 aromatic carbocycles.